The van der Waals surface area contributed by atoms with Crippen LogP contribution in [0.3, 0.4) is 0 Å². The van der Waals surface area contributed by atoms with Gasteiger partial charge in [0.2, 0.25) is 0 Å². The minimum Gasteiger partial charge on any atom is -0.508 e. The van der Waals surface area contributed by atoms with Crippen molar-refractivity contribution in [1.29, 1.82) is 0 Å². The molecule has 31 heavy (non-hydrogen) atoms. The Morgan fingerprint density at radius 2 is 1.35 bits per heavy atom. The van der Waals surface area contributed by atoms with Crippen molar-refractivity contribution in [2.75, 3.05) is 0 Å². The first-order valence-electron chi connectivity index (χ1n) is 10.8. The monoisotopic (exact) mass is 406 g/mol. The first-order valence-corrected chi connectivity index (χ1v) is 10.8. The number of phenols is 2. The third-order valence-electron chi connectivity index (χ3n) is 6.80. The zero-order valence-corrected chi connectivity index (χ0v) is 17.7. The molecule has 4 aromatic rings. The van der Waals surface area contributed by atoms with Crippen LogP contribution in [-0.4, -0.2) is 10.2 Å². The quantitative estimate of drug-likeness (QED) is 0.345. The maximum absolute atomic E-state index is 9.88. The van der Waals surface area contributed by atoms with Gasteiger partial charge in [-0.2, -0.15) is 0 Å². The first-order chi connectivity index (χ1) is 15.0. The zero-order valence-electron chi connectivity index (χ0n) is 17.7. The molecule has 5 rings (SSSR count). The van der Waals surface area contributed by atoms with Gasteiger partial charge in [-0.3, -0.25) is 0 Å². The molecule has 0 radical (unpaired) electrons. The van der Waals surface area contributed by atoms with E-state index in [0.29, 0.717) is 5.75 Å². The molecule has 154 valence electrons. The fourth-order valence-corrected chi connectivity index (χ4v) is 4.99. The summed E-state index contributed by atoms with van der Waals surface area (Å²) in [6.07, 6.45) is 2.78. The standard InChI is InChI=1S/C29H26O2/c1-29(22-11-15-24(31)16-12-22,18-17-20-9-13-23(30)14-10-20)28-8-4-7-26-25-6-3-2-5-21(25)19-27(26)28/h2-16,30-31H,17-19H2,1H3. The molecule has 2 N–H and O–H groups in total. The Balaban J connectivity index is 1.60. The van der Waals surface area contributed by atoms with Gasteiger partial charge in [-0.05, 0) is 82.5 Å². The molecule has 2 nitrogen and oxygen atoms in total. The highest BCUT2D eigenvalue weighted by atomic mass is 16.3. The molecule has 2 heteroatoms. The molecule has 0 saturated carbocycles. The number of hydrogen-bond acceptors (Lipinski definition) is 2. The molecule has 1 aliphatic carbocycles. The molecule has 0 spiro atoms. The lowest BCUT2D eigenvalue weighted by molar-refractivity contribution is 0.472. The Bertz CT molecular complexity index is 1220. The third kappa shape index (κ3) is 3.48. The van der Waals surface area contributed by atoms with Crippen molar-refractivity contribution < 1.29 is 10.2 Å². The van der Waals surface area contributed by atoms with Crippen LogP contribution in [0.1, 0.15) is 41.2 Å². The van der Waals surface area contributed by atoms with Gasteiger partial charge in [-0.25, -0.2) is 0 Å². The van der Waals surface area contributed by atoms with Crippen LogP contribution >= 0.6 is 0 Å². The highest BCUT2D eigenvalue weighted by molar-refractivity contribution is 5.78. The Hall–Kier alpha value is -3.52. The zero-order chi connectivity index (χ0) is 21.4. The van der Waals surface area contributed by atoms with Gasteiger partial charge in [0.25, 0.3) is 0 Å². The summed E-state index contributed by atoms with van der Waals surface area (Å²) in [7, 11) is 0. The van der Waals surface area contributed by atoms with E-state index in [1.165, 1.54) is 38.9 Å². The topological polar surface area (TPSA) is 40.5 Å². The lowest BCUT2D eigenvalue weighted by Crippen LogP contribution is -2.26. The first kappa shape index (κ1) is 19.4. The predicted octanol–water partition coefficient (Wildman–Crippen LogP) is 6.61. The number of fused-ring (bicyclic) bond motifs is 3. The second-order valence-electron chi connectivity index (χ2n) is 8.71. The molecule has 0 fully saturated rings. The maximum atomic E-state index is 9.88. The summed E-state index contributed by atoms with van der Waals surface area (Å²) in [6.45, 7) is 2.32. The van der Waals surface area contributed by atoms with Gasteiger partial charge in [0.15, 0.2) is 0 Å². The molecular formula is C29H26O2. The number of rotatable bonds is 5. The Morgan fingerprint density at radius 1 is 0.710 bits per heavy atom. The van der Waals surface area contributed by atoms with Gasteiger partial charge in [0, 0.05) is 5.41 Å². The van der Waals surface area contributed by atoms with Gasteiger partial charge < -0.3 is 10.2 Å². The molecule has 1 unspecified atom stereocenters. The highest BCUT2D eigenvalue weighted by Gasteiger charge is 2.33. The summed E-state index contributed by atoms with van der Waals surface area (Å²) in [5.74, 6) is 0.582. The molecular weight excluding hydrogens is 380 g/mol. The number of benzene rings is 4. The molecule has 1 atom stereocenters. The third-order valence-corrected chi connectivity index (χ3v) is 6.80. The van der Waals surface area contributed by atoms with Crippen molar-refractivity contribution in [3.63, 3.8) is 0 Å². The van der Waals surface area contributed by atoms with E-state index < -0.39 is 0 Å². The number of phenolic OH excluding ortho intramolecular Hbond substituents is 2. The van der Waals surface area contributed by atoms with Crippen LogP contribution in [-0.2, 0) is 18.3 Å². The minimum atomic E-state index is -0.209. The van der Waals surface area contributed by atoms with E-state index in [-0.39, 0.29) is 11.2 Å². The molecule has 0 bridgehead atoms. The summed E-state index contributed by atoms with van der Waals surface area (Å²) >= 11 is 0. The number of aryl methyl sites for hydroxylation is 1. The van der Waals surface area contributed by atoms with Crippen molar-refractivity contribution in [3.05, 3.63) is 119 Å². The minimum absolute atomic E-state index is 0.209. The fourth-order valence-electron chi connectivity index (χ4n) is 4.99. The van der Waals surface area contributed by atoms with E-state index in [4.69, 9.17) is 0 Å². The van der Waals surface area contributed by atoms with Crippen molar-refractivity contribution in [2.24, 2.45) is 0 Å². The summed E-state index contributed by atoms with van der Waals surface area (Å²) < 4.78 is 0. The van der Waals surface area contributed by atoms with Crippen LogP contribution in [0.15, 0.2) is 91.0 Å². The van der Waals surface area contributed by atoms with E-state index in [1.807, 2.05) is 24.3 Å². The van der Waals surface area contributed by atoms with Gasteiger partial charge in [-0.15, -0.1) is 0 Å². The Morgan fingerprint density at radius 3 is 2.10 bits per heavy atom. The average Bonchev–Trinajstić information content (AvgIpc) is 3.18. The maximum Gasteiger partial charge on any atom is 0.115 e. The molecule has 0 aromatic heterocycles. The van der Waals surface area contributed by atoms with Gasteiger partial charge in [0.05, 0.1) is 0 Å². The van der Waals surface area contributed by atoms with Gasteiger partial charge in [-0.1, -0.05) is 73.7 Å². The lowest BCUT2D eigenvalue weighted by Gasteiger charge is -2.33. The second kappa shape index (κ2) is 7.63. The lowest BCUT2D eigenvalue weighted by atomic mass is 9.70. The van der Waals surface area contributed by atoms with E-state index in [2.05, 4.69) is 49.4 Å². The molecule has 4 aromatic carbocycles. The SMILES string of the molecule is CC(CCc1ccc(O)cc1)(c1ccc(O)cc1)c1cccc2c1Cc1ccccc1-2. The molecule has 1 aliphatic rings. The summed E-state index contributed by atoms with van der Waals surface area (Å²) in [5, 5.41) is 19.5. The second-order valence-corrected chi connectivity index (χ2v) is 8.71. The van der Waals surface area contributed by atoms with Crippen LogP contribution in [0.25, 0.3) is 11.1 Å². The van der Waals surface area contributed by atoms with Crippen LogP contribution in [0.2, 0.25) is 0 Å². The predicted molar refractivity (Wildman–Crippen MR) is 126 cm³/mol. The van der Waals surface area contributed by atoms with Gasteiger partial charge >= 0.3 is 0 Å². The van der Waals surface area contributed by atoms with E-state index in [0.717, 1.165) is 19.3 Å². The largest absolute Gasteiger partial charge is 0.508 e. The Kier molecular flexibility index (Phi) is 4.78. The van der Waals surface area contributed by atoms with Crippen LogP contribution in [0, 0.1) is 0 Å². The van der Waals surface area contributed by atoms with E-state index in [9.17, 15) is 10.2 Å². The van der Waals surface area contributed by atoms with Crippen LogP contribution in [0.5, 0.6) is 11.5 Å². The molecule has 0 amide bonds. The van der Waals surface area contributed by atoms with Crippen molar-refractivity contribution in [1.82, 2.24) is 0 Å². The average molecular weight is 407 g/mol. The van der Waals surface area contributed by atoms with Gasteiger partial charge in [0.1, 0.15) is 11.5 Å². The summed E-state index contributed by atoms with van der Waals surface area (Å²) in [6, 6.07) is 30.5. The molecule has 0 saturated heterocycles. The molecule has 0 heterocycles. The molecule has 0 aliphatic heterocycles. The number of aromatic hydroxyl groups is 2. The van der Waals surface area contributed by atoms with E-state index >= 15 is 0 Å². The van der Waals surface area contributed by atoms with Crippen LogP contribution < -0.4 is 0 Å². The van der Waals surface area contributed by atoms with E-state index in [1.54, 1.807) is 24.3 Å². The smallest absolute Gasteiger partial charge is 0.115 e. The van der Waals surface area contributed by atoms with Crippen molar-refractivity contribution in [3.8, 4) is 22.6 Å². The summed E-state index contributed by atoms with van der Waals surface area (Å²) in [4.78, 5) is 0. The normalized spacial score (nSPS) is 14.0. The highest BCUT2D eigenvalue weighted by Crippen LogP contribution is 2.45. The number of hydrogen-bond donors (Lipinski definition) is 2. The Labute approximate surface area is 183 Å². The fraction of sp³-hybridized carbons (Fsp3) is 0.172. The van der Waals surface area contributed by atoms with Crippen LogP contribution in [0.4, 0.5) is 0 Å². The summed E-state index contributed by atoms with van der Waals surface area (Å²) in [5.41, 5.74) is 9.02. The van der Waals surface area contributed by atoms with Crippen molar-refractivity contribution in [2.45, 2.75) is 31.6 Å². The van der Waals surface area contributed by atoms with Crippen molar-refractivity contribution >= 4 is 0 Å².